The van der Waals surface area contributed by atoms with Crippen molar-refractivity contribution in [3.8, 4) is 11.5 Å². The van der Waals surface area contributed by atoms with Gasteiger partial charge >= 0.3 is 0 Å². The number of hydrogen-bond donors (Lipinski definition) is 14. The van der Waals surface area contributed by atoms with Gasteiger partial charge in [0.15, 0.2) is 0 Å². The number of benzene rings is 4. The lowest BCUT2D eigenvalue weighted by Crippen LogP contribution is -2.62. The third kappa shape index (κ3) is 24.6. The van der Waals surface area contributed by atoms with Crippen LogP contribution in [0.2, 0.25) is 0 Å². The standard InChI is InChI=1S/C78H110N14O14/c1-45(2)39-57-69(97)87-61(43-49-19-11-9-12-20-49)77(105)91-37-17-25-63(91)73(101)85-60(42-52-29-33-54(94)34-30-52)72(100)90-66(48(7)8)76(104)82-56(24-16-36-80)68(96)84-58(40-46(3)4)70(98)88-62(44-50-21-13-10-14-22-50)78(106)92-38-18-26-64(92)74(102)86-59(41-51-27-31-53(93)32-28-51)71(99)89-65(47(5)6)75(103)81-55(23-15-35-79)67(95)83-57/h9-14,19-22,27-34,45-48,55-66,93-94H,15-18,23-26,35-44,79-80H2,1-8H3,(H,81,103)(H,82,104)(H,83,95)(H,84,96)(H,85,101)(H,86,102)(H,87,97)(H,88,98)(H,89,99)(H,90,100)/t55-,56-,57-,58-,59-,60-,61+,62+,63-,64-,65-,66-/m0/s1. The van der Waals surface area contributed by atoms with Gasteiger partial charge in [0.2, 0.25) is 70.9 Å². The van der Waals surface area contributed by atoms with Gasteiger partial charge in [0, 0.05) is 38.8 Å². The van der Waals surface area contributed by atoms with E-state index in [1.807, 2.05) is 27.7 Å². The van der Waals surface area contributed by atoms with E-state index in [-0.39, 0.29) is 127 Å². The van der Waals surface area contributed by atoms with Gasteiger partial charge in [-0.2, -0.15) is 0 Å². The molecule has 3 aliphatic rings. The Hall–Kier alpha value is -9.96. The van der Waals surface area contributed by atoms with Crippen LogP contribution in [0.15, 0.2) is 109 Å². The van der Waals surface area contributed by atoms with Gasteiger partial charge in [-0.15, -0.1) is 0 Å². The smallest absolute Gasteiger partial charge is 0.246 e. The molecule has 28 nitrogen and oxygen atoms in total. The van der Waals surface area contributed by atoms with Gasteiger partial charge in [0.25, 0.3) is 0 Å². The molecular weight excluding hydrogens is 1360 g/mol. The topological polar surface area (TPSA) is 424 Å². The van der Waals surface area contributed by atoms with Crippen LogP contribution in [0.1, 0.15) is 142 Å². The van der Waals surface area contributed by atoms with Crippen molar-refractivity contribution < 1.29 is 67.7 Å². The van der Waals surface area contributed by atoms with Gasteiger partial charge in [-0.05, 0) is 147 Å². The van der Waals surface area contributed by atoms with Crippen LogP contribution >= 0.6 is 0 Å². The SMILES string of the molecule is CC(C)C[C@@H]1NC(=O)[C@H](CCCN)NC(=O)[C@H](C(C)C)NC(=O)[C@H](Cc2ccc(O)cc2)NC(=O)[C@@H]2CCCN2C(=O)[C@@H](Cc2ccccc2)NC(=O)[C@H](CC(C)C)NC(=O)[C@H](CCCN)NC(=O)[C@H](C(C)C)NC(=O)[C@H](Cc2ccc(O)cc2)NC(=O)[C@@H]2CCCN2C(=O)[C@@H](Cc2ccccc2)NC1=O. The number of nitrogens with two attached hydrogens (primary N) is 2. The molecule has 16 N–H and O–H groups in total. The monoisotopic (exact) mass is 1470 g/mol. The lowest BCUT2D eigenvalue weighted by atomic mass is 9.98. The molecule has 3 saturated heterocycles. The normalized spacial score (nSPS) is 25.2. The van der Waals surface area contributed by atoms with Crippen molar-refractivity contribution in [1.82, 2.24) is 63.0 Å². The molecular formula is C78H110N14O14. The molecule has 3 heterocycles. The molecule has 0 unspecified atom stereocenters. The predicted octanol–water partition coefficient (Wildman–Crippen LogP) is 2.09. The van der Waals surface area contributed by atoms with Crippen LogP contribution in [0, 0.1) is 23.7 Å². The number of phenols is 2. The number of carbonyl (C=O) groups is 12. The van der Waals surface area contributed by atoms with E-state index in [0.29, 0.717) is 35.1 Å². The Morgan fingerprint density at radius 3 is 0.953 bits per heavy atom. The van der Waals surface area contributed by atoms with Crippen LogP contribution in [0.3, 0.4) is 0 Å². The van der Waals surface area contributed by atoms with Crippen molar-refractivity contribution >= 4 is 70.9 Å². The maximum absolute atomic E-state index is 15.3. The molecule has 4 aromatic carbocycles. The number of fused-ring (bicyclic) bond motifs is 2. The number of rotatable bonds is 20. The van der Waals surface area contributed by atoms with Crippen molar-refractivity contribution in [3.63, 3.8) is 0 Å². The van der Waals surface area contributed by atoms with Gasteiger partial charge in [0.05, 0.1) is 0 Å². The van der Waals surface area contributed by atoms with Crippen LogP contribution in [0.4, 0.5) is 0 Å². The van der Waals surface area contributed by atoms with Gasteiger partial charge in [0.1, 0.15) is 84.0 Å². The zero-order valence-corrected chi connectivity index (χ0v) is 62.2. The minimum absolute atomic E-state index is 0.0152. The third-order valence-corrected chi connectivity index (χ3v) is 19.3. The number of aromatic hydroxyl groups is 2. The average Bonchev–Trinajstić information content (AvgIpc) is 1.52. The number of nitrogens with zero attached hydrogens (tertiary/aromatic N) is 2. The number of hydrogen-bond acceptors (Lipinski definition) is 16. The van der Waals surface area contributed by atoms with E-state index in [9.17, 15) is 58.2 Å². The molecule has 12 atom stereocenters. The Bertz CT molecular complexity index is 3400. The van der Waals surface area contributed by atoms with E-state index in [1.165, 1.54) is 34.1 Å². The number of amides is 12. The van der Waals surface area contributed by atoms with E-state index in [0.717, 1.165) is 0 Å². The highest BCUT2D eigenvalue weighted by Crippen LogP contribution is 2.25. The Balaban J connectivity index is 1.30. The second kappa shape index (κ2) is 40.5. The molecule has 0 saturated carbocycles. The first-order valence-electron chi connectivity index (χ1n) is 37.2. The van der Waals surface area contributed by atoms with Gasteiger partial charge < -0.3 is 84.6 Å². The average molecular weight is 1470 g/mol. The quantitative estimate of drug-likeness (QED) is 0.0602. The molecule has 4 aromatic rings. The molecule has 0 bridgehead atoms. The van der Waals surface area contributed by atoms with Crippen molar-refractivity contribution in [2.45, 2.75) is 218 Å². The first kappa shape index (κ1) is 83.3. The predicted molar refractivity (Wildman–Crippen MR) is 398 cm³/mol. The second-order valence-electron chi connectivity index (χ2n) is 29.6. The van der Waals surface area contributed by atoms with Crippen LogP contribution in [0.5, 0.6) is 11.5 Å². The summed E-state index contributed by atoms with van der Waals surface area (Å²) < 4.78 is 0. The minimum atomic E-state index is -1.42. The molecule has 3 aliphatic heterocycles. The summed E-state index contributed by atoms with van der Waals surface area (Å²) in [5.41, 5.74) is 14.3. The van der Waals surface area contributed by atoms with Gasteiger partial charge in [-0.1, -0.05) is 140 Å². The Morgan fingerprint density at radius 2 is 0.632 bits per heavy atom. The van der Waals surface area contributed by atoms with E-state index in [2.05, 4.69) is 53.2 Å². The maximum atomic E-state index is 15.3. The van der Waals surface area contributed by atoms with Crippen molar-refractivity contribution in [3.05, 3.63) is 131 Å². The zero-order chi connectivity index (χ0) is 77.3. The molecule has 28 heteroatoms. The highest BCUT2D eigenvalue weighted by molar-refractivity contribution is 6.01. The fourth-order valence-electron chi connectivity index (χ4n) is 13.6. The fraction of sp³-hybridized carbons (Fsp3) is 0.538. The first-order chi connectivity index (χ1) is 50.5. The lowest BCUT2D eigenvalue weighted by Gasteiger charge is -2.32. The molecule has 3 fully saturated rings. The van der Waals surface area contributed by atoms with E-state index in [4.69, 9.17) is 11.5 Å². The largest absolute Gasteiger partial charge is 0.508 e. The molecule has 7 rings (SSSR count). The number of nitrogens with one attached hydrogen (secondary N) is 10. The highest BCUT2D eigenvalue weighted by Gasteiger charge is 2.44. The minimum Gasteiger partial charge on any atom is -0.508 e. The third-order valence-electron chi connectivity index (χ3n) is 19.3. The van der Waals surface area contributed by atoms with Crippen LogP contribution in [-0.4, -0.2) is 190 Å². The number of carbonyl (C=O) groups excluding carboxylic acids is 12. The van der Waals surface area contributed by atoms with Crippen molar-refractivity contribution in [2.24, 2.45) is 35.1 Å². The fourth-order valence-corrected chi connectivity index (χ4v) is 13.6. The van der Waals surface area contributed by atoms with Crippen LogP contribution in [0.25, 0.3) is 0 Å². The summed E-state index contributed by atoms with van der Waals surface area (Å²) in [6, 6.07) is 13.7. The van der Waals surface area contributed by atoms with Gasteiger partial charge in [-0.25, -0.2) is 0 Å². The molecule has 0 aliphatic carbocycles. The summed E-state index contributed by atoms with van der Waals surface area (Å²) >= 11 is 0. The summed E-state index contributed by atoms with van der Waals surface area (Å²) in [6.07, 6.45) is 1.06. The van der Waals surface area contributed by atoms with Gasteiger partial charge in [-0.3, -0.25) is 57.5 Å². The number of phenolic OH excluding ortho intramolecular Hbond substituents is 2. The summed E-state index contributed by atoms with van der Waals surface area (Å²) in [6.45, 7) is 14.3. The molecule has 576 valence electrons. The van der Waals surface area contributed by atoms with Crippen molar-refractivity contribution in [1.29, 1.82) is 0 Å². The van der Waals surface area contributed by atoms with E-state index < -0.39 is 155 Å². The van der Waals surface area contributed by atoms with E-state index in [1.54, 1.807) is 113 Å². The maximum Gasteiger partial charge on any atom is 0.246 e. The highest BCUT2D eigenvalue weighted by atomic mass is 16.3. The summed E-state index contributed by atoms with van der Waals surface area (Å²) in [5.74, 6) is -10.9. The Morgan fingerprint density at radius 1 is 0.349 bits per heavy atom. The molecule has 0 spiro atoms. The second-order valence-corrected chi connectivity index (χ2v) is 29.6. The van der Waals surface area contributed by atoms with Crippen molar-refractivity contribution in [2.75, 3.05) is 26.2 Å². The zero-order valence-electron chi connectivity index (χ0n) is 62.2. The molecule has 12 amide bonds. The Labute approximate surface area is 621 Å². The first-order valence-corrected chi connectivity index (χ1v) is 37.2. The molecule has 0 radical (unpaired) electrons. The molecule has 106 heavy (non-hydrogen) atoms. The Kier molecular flexibility index (Phi) is 31.8. The lowest BCUT2D eigenvalue weighted by molar-refractivity contribution is -0.143. The summed E-state index contributed by atoms with van der Waals surface area (Å²) in [5, 5.41) is 48.9. The molecule has 0 aromatic heterocycles. The van der Waals surface area contributed by atoms with Crippen LogP contribution < -0.4 is 64.6 Å². The summed E-state index contributed by atoms with van der Waals surface area (Å²) in [4.78, 5) is 182. The van der Waals surface area contributed by atoms with Crippen LogP contribution in [-0.2, 0) is 83.2 Å². The van der Waals surface area contributed by atoms with E-state index >= 15 is 9.59 Å². The summed E-state index contributed by atoms with van der Waals surface area (Å²) in [7, 11) is 0.